The van der Waals surface area contributed by atoms with Gasteiger partial charge in [-0.1, -0.05) is 54.9 Å². The number of hydrogen-bond acceptors (Lipinski definition) is 2. The van der Waals surface area contributed by atoms with Gasteiger partial charge in [-0.15, -0.1) is 0 Å². The molecule has 0 fully saturated rings. The van der Waals surface area contributed by atoms with Crippen molar-refractivity contribution < 1.29 is 4.79 Å². The fraction of sp³-hybridized carbons (Fsp3) is 0.824. The lowest BCUT2D eigenvalue weighted by Gasteiger charge is -2.25. The standard InChI is InChI=1S/C17H33NO/c1-8-10-11-18(12-14(3)4)13-15(9-2)16(19)17(5,6)7/h13-14H,8-12H2,1-7H3/b15-13+. The van der Waals surface area contributed by atoms with Gasteiger partial charge >= 0.3 is 0 Å². The van der Waals surface area contributed by atoms with E-state index in [1.807, 2.05) is 20.8 Å². The first kappa shape index (κ1) is 18.2. The molecule has 0 unspecified atom stereocenters. The average Bonchev–Trinajstić information content (AvgIpc) is 2.29. The molecule has 0 aliphatic rings. The fourth-order valence-corrected chi connectivity index (χ4v) is 2.05. The van der Waals surface area contributed by atoms with Gasteiger partial charge in [-0.25, -0.2) is 0 Å². The zero-order valence-electron chi connectivity index (χ0n) is 14.0. The van der Waals surface area contributed by atoms with Gasteiger partial charge in [0.1, 0.15) is 0 Å². The van der Waals surface area contributed by atoms with Gasteiger partial charge < -0.3 is 4.90 Å². The zero-order valence-corrected chi connectivity index (χ0v) is 14.0. The van der Waals surface area contributed by atoms with E-state index >= 15 is 0 Å². The summed E-state index contributed by atoms with van der Waals surface area (Å²) in [5, 5.41) is 0. The number of nitrogens with zero attached hydrogens (tertiary/aromatic N) is 1. The topological polar surface area (TPSA) is 20.3 Å². The van der Waals surface area contributed by atoms with E-state index in [2.05, 4.69) is 38.8 Å². The van der Waals surface area contributed by atoms with Crippen molar-refractivity contribution in [1.29, 1.82) is 0 Å². The first-order chi connectivity index (χ1) is 8.72. The molecule has 0 heterocycles. The highest BCUT2D eigenvalue weighted by atomic mass is 16.1. The summed E-state index contributed by atoms with van der Waals surface area (Å²) in [5.41, 5.74) is 0.681. The number of carbonyl (C=O) groups is 1. The van der Waals surface area contributed by atoms with Crippen LogP contribution in [-0.2, 0) is 4.79 Å². The molecule has 2 nitrogen and oxygen atoms in total. The van der Waals surface area contributed by atoms with E-state index in [1.54, 1.807) is 0 Å². The number of ketones is 1. The van der Waals surface area contributed by atoms with Crippen LogP contribution in [0.2, 0.25) is 0 Å². The summed E-state index contributed by atoms with van der Waals surface area (Å²) < 4.78 is 0. The highest BCUT2D eigenvalue weighted by molar-refractivity contribution is 5.98. The average molecular weight is 267 g/mol. The van der Waals surface area contributed by atoms with E-state index in [4.69, 9.17) is 0 Å². The predicted molar refractivity (Wildman–Crippen MR) is 84.2 cm³/mol. The molecule has 19 heavy (non-hydrogen) atoms. The molecule has 0 aromatic rings. The van der Waals surface area contributed by atoms with Crippen LogP contribution in [0.25, 0.3) is 0 Å². The van der Waals surface area contributed by atoms with Crippen LogP contribution >= 0.6 is 0 Å². The van der Waals surface area contributed by atoms with E-state index in [1.165, 1.54) is 12.8 Å². The molecule has 0 aromatic carbocycles. The molecule has 0 aromatic heterocycles. The van der Waals surface area contributed by atoms with Gasteiger partial charge in [0, 0.05) is 30.3 Å². The molecule has 0 radical (unpaired) electrons. The smallest absolute Gasteiger partial charge is 0.165 e. The summed E-state index contributed by atoms with van der Waals surface area (Å²) in [5.74, 6) is 0.899. The molecular formula is C17H33NO. The number of allylic oxidation sites excluding steroid dienone is 1. The molecule has 0 saturated heterocycles. The second kappa shape index (κ2) is 8.39. The highest BCUT2D eigenvalue weighted by Gasteiger charge is 2.24. The van der Waals surface area contributed by atoms with Gasteiger partial charge in [0.25, 0.3) is 0 Å². The molecule has 0 rings (SSSR count). The Kier molecular flexibility index (Phi) is 8.05. The van der Waals surface area contributed by atoms with E-state index in [0.29, 0.717) is 5.92 Å². The number of Topliss-reactive ketones (excluding diaryl/α,β-unsaturated/α-hetero) is 1. The minimum atomic E-state index is -0.282. The van der Waals surface area contributed by atoms with Crippen LogP contribution < -0.4 is 0 Å². The van der Waals surface area contributed by atoms with Crippen molar-refractivity contribution in [3.05, 3.63) is 11.8 Å². The lowest BCUT2D eigenvalue weighted by atomic mass is 9.85. The van der Waals surface area contributed by atoms with Gasteiger partial charge in [0.05, 0.1) is 0 Å². The molecule has 112 valence electrons. The van der Waals surface area contributed by atoms with Crippen LogP contribution in [0.3, 0.4) is 0 Å². The summed E-state index contributed by atoms with van der Waals surface area (Å²) in [6, 6.07) is 0. The summed E-state index contributed by atoms with van der Waals surface area (Å²) in [4.78, 5) is 14.7. The fourth-order valence-electron chi connectivity index (χ4n) is 2.05. The molecule has 0 atom stereocenters. The van der Waals surface area contributed by atoms with E-state index in [-0.39, 0.29) is 11.2 Å². The molecule has 0 bridgehead atoms. The monoisotopic (exact) mass is 267 g/mol. The molecule has 0 amide bonds. The normalized spacial score (nSPS) is 12.9. The number of carbonyl (C=O) groups excluding carboxylic acids is 1. The summed E-state index contributed by atoms with van der Waals surface area (Å²) >= 11 is 0. The molecule has 0 aliphatic carbocycles. The summed E-state index contributed by atoms with van der Waals surface area (Å²) in [6.45, 7) is 16.8. The number of hydrogen-bond donors (Lipinski definition) is 0. The largest absolute Gasteiger partial charge is 0.377 e. The maximum atomic E-state index is 12.4. The summed E-state index contributed by atoms with van der Waals surface area (Å²) in [7, 11) is 0. The van der Waals surface area contributed by atoms with Crippen LogP contribution in [-0.4, -0.2) is 23.8 Å². The first-order valence-corrected chi connectivity index (χ1v) is 7.71. The maximum absolute atomic E-state index is 12.4. The Morgan fingerprint density at radius 1 is 1.21 bits per heavy atom. The highest BCUT2D eigenvalue weighted by Crippen LogP contribution is 2.22. The molecule has 2 heteroatoms. The molecule has 0 aliphatic heterocycles. The first-order valence-electron chi connectivity index (χ1n) is 7.71. The van der Waals surface area contributed by atoms with Gasteiger partial charge in [-0.05, 0) is 18.8 Å². The van der Waals surface area contributed by atoms with Crippen LogP contribution in [0.5, 0.6) is 0 Å². The van der Waals surface area contributed by atoms with E-state index < -0.39 is 0 Å². The lowest BCUT2D eigenvalue weighted by molar-refractivity contribution is -0.122. The molecule has 0 saturated carbocycles. The van der Waals surface area contributed by atoms with E-state index in [0.717, 1.165) is 25.1 Å². The van der Waals surface area contributed by atoms with Crippen molar-refractivity contribution >= 4 is 5.78 Å². The van der Waals surface area contributed by atoms with Crippen LogP contribution in [0.15, 0.2) is 11.8 Å². The molecule has 0 spiro atoms. The second-order valence-electron chi connectivity index (χ2n) is 6.83. The van der Waals surface area contributed by atoms with Crippen molar-refractivity contribution in [1.82, 2.24) is 4.90 Å². The SMILES string of the molecule is CCCCN(/C=C(\CC)C(=O)C(C)(C)C)CC(C)C. The van der Waals surface area contributed by atoms with Crippen LogP contribution in [0.4, 0.5) is 0 Å². The minimum Gasteiger partial charge on any atom is -0.377 e. The lowest BCUT2D eigenvalue weighted by Crippen LogP contribution is -2.27. The summed E-state index contributed by atoms with van der Waals surface area (Å²) in [6.07, 6.45) is 5.31. The van der Waals surface area contributed by atoms with Crippen LogP contribution in [0, 0.1) is 11.3 Å². The Labute approximate surface area is 120 Å². The van der Waals surface area contributed by atoms with Gasteiger partial charge in [0.2, 0.25) is 0 Å². The third-order valence-electron chi connectivity index (χ3n) is 3.09. The maximum Gasteiger partial charge on any atom is 0.165 e. The number of unbranched alkanes of at least 4 members (excludes halogenated alkanes) is 1. The zero-order chi connectivity index (χ0) is 15.1. The van der Waals surface area contributed by atoms with Crippen molar-refractivity contribution in [2.75, 3.05) is 13.1 Å². The van der Waals surface area contributed by atoms with Crippen molar-refractivity contribution in [2.45, 2.75) is 67.7 Å². The van der Waals surface area contributed by atoms with Crippen LogP contribution in [0.1, 0.15) is 67.7 Å². The minimum absolute atomic E-state index is 0.278. The Morgan fingerprint density at radius 2 is 1.79 bits per heavy atom. The Bertz CT molecular complexity index is 297. The van der Waals surface area contributed by atoms with Gasteiger partial charge in [-0.3, -0.25) is 4.79 Å². The second-order valence-corrected chi connectivity index (χ2v) is 6.83. The van der Waals surface area contributed by atoms with E-state index in [9.17, 15) is 4.79 Å². The Hall–Kier alpha value is -0.790. The molecular weight excluding hydrogens is 234 g/mol. The van der Waals surface area contributed by atoms with Gasteiger partial charge in [0.15, 0.2) is 5.78 Å². The van der Waals surface area contributed by atoms with Crippen molar-refractivity contribution in [3.8, 4) is 0 Å². The predicted octanol–water partition coefficient (Wildman–Crippen LogP) is 4.65. The molecule has 0 N–H and O–H groups in total. The third-order valence-corrected chi connectivity index (χ3v) is 3.09. The van der Waals surface area contributed by atoms with Crippen molar-refractivity contribution in [3.63, 3.8) is 0 Å². The Morgan fingerprint density at radius 3 is 2.16 bits per heavy atom. The quantitative estimate of drug-likeness (QED) is 0.596. The third kappa shape index (κ3) is 7.39. The Balaban J connectivity index is 4.97. The van der Waals surface area contributed by atoms with Gasteiger partial charge in [-0.2, -0.15) is 0 Å². The van der Waals surface area contributed by atoms with Crippen molar-refractivity contribution in [2.24, 2.45) is 11.3 Å². The number of rotatable bonds is 8.